The zero-order valence-electron chi connectivity index (χ0n) is 9.03. The Labute approximate surface area is 106 Å². The largest absolute Gasteiger partial charge is 0.363 e. The van der Waals surface area contributed by atoms with Gasteiger partial charge in [-0.2, -0.15) is 0 Å². The van der Waals surface area contributed by atoms with E-state index < -0.39 is 0 Å². The number of amides is 2. The molecule has 2 aromatic rings. The molecule has 0 aliphatic carbocycles. The van der Waals surface area contributed by atoms with Crippen LogP contribution in [0, 0.1) is 6.92 Å². The molecule has 0 spiro atoms. The lowest BCUT2D eigenvalue weighted by Crippen LogP contribution is -2.19. The van der Waals surface area contributed by atoms with Crippen LogP contribution in [0.2, 0.25) is 0 Å². The van der Waals surface area contributed by atoms with E-state index in [0.717, 1.165) is 10.0 Å². The van der Waals surface area contributed by atoms with Gasteiger partial charge in [-0.05, 0) is 30.7 Å². The van der Waals surface area contributed by atoms with Gasteiger partial charge in [0.25, 0.3) is 0 Å². The second kappa shape index (κ2) is 5.01. The van der Waals surface area contributed by atoms with Gasteiger partial charge >= 0.3 is 6.03 Å². The minimum Gasteiger partial charge on any atom is -0.363 e. The van der Waals surface area contributed by atoms with E-state index in [0.29, 0.717) is 11.5 Å². The normalized spacial score (nSPS) is 10.0. The minimum atomic E-state index is -0.361. The third kappa shape index (κ3) is 3.07. The first kappa shape index (κ1) is 11.7. The lowest BCUT2D eigenvalue weighted by molar-refractivity contribution is 0.262. The Balaban J connectivity index is 2.00. The van der Waals surface area contributed by atoms with Crippen LogP contribution in [0.4, 0.5) is 16.3 Å². The van der Waals surface area contributed by atoms with Crippen LogP contribution in [0.1, 0.15) is 5.56 Å². The molecule has 17 heavy (non-hydrogen) atoms. The number of urea groups is 1. The average Bonchev–Trinajstić information content (AvgIpc) is 2.76. The molecule has 1 aromatic carbocycles. The number of carbonyl (C=O) groups excluding carboxylic acids is 1. The first-order valence-electron chi connectivity index (χ1n) is 4.90. The second-order valence-electron chi connectivity index (χ2n) is 3.43. The third-order valence-electron chi connectivity index (χ3n) is 2.10. The molecule has 2 rings (SSSR count). The number of aromatic nitrogens is 1. The van der Waals surface area contributed by atoms with Crippen molar-refractivity contribution in [1.29, 1.82) is 0 Å². The number of halogens is 1. The fraction of sp³-hybridized carbons (Fsp3) is 0.0909. The van der Waals surface area contributed by atoms with Gasteiger partial charge in [0.15, 0.2) is 5.82 Å². The van der Waals surface area contributed by atoms with E-state index in [2.05, 4.69) is 36.2 Å². The van der Waals surface area contributed by atoms with Gasteiger partial charge in [0.2, 0.25) is 0 Å². The van der Waals surface area contributed by atoms with E-state index in [4.69, 9.17) is 0 Å². The van der Waals surface area contributed by atoms with Crippen molar-refractivity contribution in [3.8, 4) is 0 Å². The van der Waals surface area contributed by atoms with Crippen LogP contribution in [0.15, 0.2) is 39.5 Å². The highest BCUT2D eigenvalue weighted by Gasteiger charge is 2.05. The number of nitrogens with one attached hydrogen (secondary N) is 2. The predicted octanol–water partition coefficient (Wildman–Crippen LogP) is 3.39. The molecule has 0 fully saturated rings. The summed E-state index contributed by atoms with van der Waals surface area (Å²) in [4.78, 5) is 11.6. The lowest BCUT2D eigenvalue weighted by atomic mass is 10.2. The lowest BCUT2D eigenvalue weighted by Gasteiger charge is -2.06. The molecular formula is C11H10BrN3O2. The first-order chi connectivity index (χ1) is 8.15. The van der Waals surface area contributed by atoms with Gasteiger partial charge in [-0.25, -0.2) is 4.79 Å². The third-order valence-corrected chi connectivity index (χ3v) is 2.98. The standard InChI is InChI=1S/C11H10BrN3O2/c1-7-6-8(2-3-9(7)12)13-11(16)14-10-4-5-17-15-10/h2-6H,1H3,(H2,13,14,15,16). The predicted molar refractivity (Wildman–Crippen MR) is 68.0 cm³/mol. The quantitative estimate of drug-likeness (QED) is 0.892. The number of anilines is 2. The molecule has 2 N–H and O–H groups in total. The Morgan fingerprint density at radius 2 is 2.18 bits per heavy atom. The molecular weight excluding hydrogens is 286 g/mol. The van der Waals surface area contributed by atoms with Gasteiger partial charge in [-0.1, -0.05) is 21.1 Å². The van der Waals surface area contributed by atoms with Crippen molar-refractivity contribution >= 4 is 33.5 Å². The number of rotatable bonds is 2. The highest BCUT2D eigenvalue weighted by atomic mass is 79.9. The number of hydrogen-bond acceptors (Lipinski definition) is 3. The Morgan fingerprint density at radius 3 is 2.82 bits per heavy atom. The van der Waals surface area contributed by atoms with Crippen molar-refractivity contribution < 1.29 is 9.32 Å². The van der Waals surface area contributed by atoms with E-state index >= 15 is 0 Å². The van der Waals surface area contributed by atoms with Crippen LogP contribution < -0.4 is 10.6 Å². The molecule has 0 aliphatic rings. The highest BCUT2D eigenvalue weighted by Crippen LogP contribution is 2.20. The number of nitrogens with zero attached hydrogens (tertiary/aromatic N) is 1. The van der Waals surface area contributed by atoms with E-state index in [1.165, 1.54) is 6.26 Å². The van der Waals surface area contributed by atoms with Crippen molar-refractivity contribution in [2.75, 3.05) is 10.6 Å². The Morgan fingerprint density at radius 1 is 1.35 bits per heavy atom. The number of hydrogen-bond donors (Lipinski definition) is 2. The zero-order valence-corrected chi connectivity index (χ0v) is 10.6. The zero-order chi connectivity index (χ0) is 12.3. The van der Waals surface area contributed by atoms with Crippen molar-refractivity contribution in [2.24, 2.45) is 0 Å². The molecule has 6 heteroatoms. The van der Waals surface area contributed by atoms with E-state index in [9.17, 15) is 4.79 Å². The smallest absolute Gasteiger partial charge is 0.324 e. The number of benzene rings is 1. The summed E-state index contributed by atoms with van der Waals surface area (Å²) in [5.74, 6) is 0.372. The van der Waals surface area contributed by atoms with Gasteiger partial charge in [-0.3, -0.25) is 5.32 Å². The topological polar surface area (TPSA) is 67.2 Å². The van der Waals surface area contributed by atoms with Gasteiger partial charge in [0, 0.05) is 16.2 Å². The van der Waals surface area contributed by atoms with E-state index in [1.54, 1.807) is 12.1 Å². The maximum absolute atomic E-state index is 11.6. The molecule has 0 saturated heterocycles. The molecule has 0 saturated carbocycles. The molecule has 1 aromatic heterocycles. The van der Waals surface area contributed by atoms with Gasteiger partial charge in [0.05, 0.1) is 0 Å². The monoisotopic (exact) mass is 295 g/mol. The molecule has 88 valence electrons. The average molecular weight is 296 g/mol. The maximum Gasteiger partial charge on any atom is 0.324 e. The summed E-state index contributed by atoms with van der Waals surface area (Å²) in [5, 5.41) is 8.81. The minimum absolute atomic E-state index is 0.361. The summed E-state index contributed by atoms with van der Waals surface area (Å²) in [7, 11) is 0. The van der Waals surface area contributed by atoms with Crippen LogP contribution in [0.5, 0.6) is 0 Å². The second-order valence-corrected chi connectivity index (χ2v) is 4.28. The van der Waals surface area contributed by atoms with Crippen molar-refractivity contribution in [3.05, 3.63) is 40.6 Å². The molecule has 0 radical (unpaired) electrons. The SMILES string of the molecule is Cc1cc(NC(=O)Nc2ccon2)ccc1Br. The highest BCUT2D eigenvalue weighted by molar-refractivity contribution is 9.10. The molecule has 1 heterocycles. The van der Waals surface area contributed by atoms with Crippen molar-refractivity contribution in [3.63, 3.8) is 0 Å². The van der Waals surface area contributed by atoms with Crippen molar-refractivity contribution in [1.82, 2.24) is 5.16 Å². The summed E-state index contributed by atoms with van der Waals surface area (Å²) in [6.07, 6.45) is 1.39. The summed E-state index contributed by atoms with van der Waals surface area (Å²) in [6, 6.07) is 6.75. The van der Waals surface area contributed by atoms with Crippen LogP contribution >= 0.6 is 15.9 Å². The Bertz CT molecular complexity index is 526. The molecule has 2 amide bonds. The summed E-state index contributed by atoms with van der Waals surface area (Å²) >= 11 is 3.39. The van der Waals surface area contributed by atoms with Crippen LogP contribution in [-0.2, 0) is 0 Å². The molecule has 5 nitrogen and oxygen atoms in total. The van der Waals surface area contributed by atoms with Gasteiger partial charge in [-0.15, -0.1) is 0 Å². The molecule has 0 unspecified atom stereocenters. The van der Waals surface area contributed by atoms with E-state index in [1.807, 2.05) is 19.1 Å². The van der Waals surface area contributed by atoms with E-state index in [-0.39, 0.29) is 6.03 Å². The fourth-order valence-corrected chi connectivity index (χ4v) is 1.52. The number of carbonyl (C=O) groups is 1. The fourth-order valence-electron chi connectivity index (χ4n) is 1.28. The van der Waals surface area contributed by atoms with Crippen molar-refractivity contribution in [2.45, 2.75) is 6.92 Å². The summed E-state index contributed by atoms with van der Waals surface area (Å²) < 4.78 is 5.60. The summed E-state index contributed by atoms with van der Waals surface area (Å²) in [6.45, 7) is 1.95. The Hall–Kier alpha value is -1.82. The number of aryl methyl sites for hydroxylation is 1. The first-order valence-corrected chi connectivity index (χ1v) is 5.69. The molecule has 0 atom stereocenters. The van der Waals surface area contributed by atoms with Gasteiger partial charge < -0.3 is 9.84 Å². The maximum atomic E-state index is 11.6. The van der Waals surface area contributed by atoms with Crippen LogP contribution in [-0.4, -0.2) is 11.2 Å². The summed E-state index contributed by atoms with van der Waals surface area (Å²) in [5.41, 5.74) is 1.76. The van der Waals surface area contributed by atoms with Crippen LogP contribution in [0.25, 0.3) is 0 Å². The van der Waals surface area contributed by atoms with Gasteiger partial charge in [0.1, 0.15) is 6.26 Å². The van der Waals surface area contributed by atoms with Crippen LogP contribution in [0.3, 0.4) is 0 Å². The molecule has 0 bridgehead atoms. The Kier molecular flexibility index (Phi) is 3.43. The molecule has 0 aliphatic heterocycles.